The summed E-state index contributed by atoms with van der Waals surface area (Å²) in [6, 6.07) is 10.8. The summed E-state index contributed by atoms with van der Waals surface area (Å²) in [5.41, 5.74) is 9.71. The fraction of sp³-hybridized carbons (Fsp3) is 0.649. The van der Waals surface area contributed by atoms with E-state index in [0.29, 0.717) is 25.1 Å². The van der Waals surface area contributed by atoms with Crippen LogP contribution in [0.15, 0.2) is 111 Å². The number of aromatic nitrogens is 1. The van der Waals surface area contributed by atoms with Gasteiger partial charge in [0.05, 0.1) is 42.6 Å². The molecule has 2 saturated heterocycles. The molecule has 5 rings (SSSR count). The summed E-state index contributed by atoms with van der Waals surface area (Å²) in [5.74, 6) is 1.71. The lowest BCUT2D eigenvalue weighted by Crippen LogP contribution is -2.59. The molecule has 3 N–H and O–H groups in total. The number of carbonyl (C=O) groups is 1. The lowest BCUT2D eigenvalue weighted by Gasteiger charge is -2.47. The fourth-order valence-electron chi connectivity index (χ4n) is 10.7. The Morgan fingerprint density at radius 2 is 1.52 bits per heavy atom. The first-order chi connectivity index (χ1) is 41.8. The molecule has 12 nitrogen and oxygen atoms in total. The molecule has 0 aliphatic carbocycles. The fourth-order valence-corrected chi connectivity index (χ4v) is 11.5. The molecule has 87 heavy (non-hydrogen) atoms. The van der Waals surface area contributed by atoms with Crippen LogP contribution in [0.25, 0.3) is 5.57 Å². The molecule has 0 saturated carbocycles. The molecule has 5 atom stereocenters. The van der Waals surface area contributed by atoms with Crippen LogP contribution in [0.1, 0.15) is 203 Å². The van der Waals surface area contributed by atoms with Crippen LogP contribution in [0.3, 0.4) is 0 Å². The Hall–Kier alpha value is -4.63. The molecule has 13 heteroatoms. The average molecular weight is 1230 g/mol. The summed E-state index contributed by atoms with van der Waals surface area (Å²) in [7, 11) is 9.64. The zero-order valence-corrected chi connectivity index (χ0v) is 60.8. The number of rotatable bonds is 32. The van der Waals surface area contributed by atoms with Gasteiger partial charge in [-0.25, -0.2) is 0 Å². The maximum absolute atomic E-state index is 9.06. The quantitative estimate of drug-likeness (QED) is 0.0214. The Balaban J connectivity index is -0.00000159. The van der Waals surface area contributed by atoms with Crippen LogP contribution in [0.2, 0.25) is 0 Å². The molecule has 2 aromatic rings. The topological polar surface area (TPSA) is 101 Å². The molecule has 500 valence electrons. The molecule has 3 aliphatic heterocycles. The molecule has 2 fully saturated rings. The van der Waals surface area contributed by atoms with Crippen LogP contribution < -0.4 is 25.8 Å². The molecule has 0 spiro atoms. The summed E-state index contributed by atoms with van der Waals surface area (Å²) in [6.45, 7) is 71.4. The lowest BCUT2D eigenvalue weighted by molar-refractivity contribution is -0.109. The van der Waals surface area contributed by atoms with Crippen molar-refractivity contribution >= 4 is 35.1 Å². The summed E-state index contributed by atoms with van der Waals surface area (Å²) in [4.78, 5) is 27.8. The first-order valence-electron chi connectivity index (χ1n) is 33.3. The van der Waals surface area contributed by atoms with E-state index in [9.17, 15) is 0 Å². The van der Waals surface area contributed by atoms with Crippen LogP contribution in [0.4, 0.5) is 11.4 Å². The molecule has 1 amide bonds. The summed E-state index contributed by atoms with van der Waals surface area (Å²) in [6.07, 6.45) is 17.4. The number of amides is 1. The Morgan fingerprint density at radius 1 is 0.897 bits per heavy atom. The molecule has 5 unspecified atom stereocenters. The normalized spacial score (nSPS) is 16.3. The number of pyridine rings is 1. The van der Waals surface area contributed by atoms with Gasteiger partial charge < -0.3 is 45.0 Å². The van der Waals surface area contributed by atoms with Crippen molar-refractivity contribution in [2.24, 2.45) is 17.3 Å². The van der Waals surface area contributed by atoms with Crippen molar-refractivity contribution in [1.29, 1.82) is 0 Å². The minimum atomic E-state index is -0.123. The minimum Gasteiger partial charge on any atom is -0.501 e. The third-order valence-electron chi connectivity index (χ3n) is 15.8. The van der Waals surface area contributed by atoms with Crippen molar-refractivity contribution in [1.82, 2.24) is 35.6 Å². The van der Waals surface area contributed by atoms with Crippen LogP contribution in [0, 0.1) is 17.3 Å². The van der Waals surface area contributed by atoms with E-state index in [4.69, 9.17) is 19.3 Å². The largest absolute Gasteiger partial charge is 0.501 e. The number of thioether (sulfide) groups is 1. The number of piperazine rings is 1. The van der Waals surface area contributed by atoms with Crippen LogP contribution in [-0.2, 0) is 14.3 Å². The molecule has 0 bridgehead atoms. The maximum Gasteiger partial charge on any atom is 0.206 e. The SMILES string of the molecule is C=C.C=CC(=C)N1CC(N(CCC)CCNC)C1.C=CC(CC)C(C)C.C=COCC(C)(C)CC1c2cc(/C(C)=C/SC(=C)CC(CCCCC)NC)ccc2N(CC)C1c1cc(N2CCN(C)CC2)cnc1C(C)OC.CC.CC.CC.CNC=O. The zero-order chi connectivity index (χ0) is 67.1. The van der Waals surface area contributed by atoms with Crippen molar-refractivity contribution in [3.63, 3.8) is 0 Å². The molecule has 1 aromatic heterocycles. The Labute approximate surface area is 542 Å². The van der Waals surface area contributed by atoms with E-state index < -0.39 is 0 Å². The highest BCUT2D eigenvalue weighted by Gasteiger charge is 2.43. The number of nitrogens with zero attached hydrogens (tertiary/aromatic N) is 6. The van der Waals surface area contributed by atoms with Crippen LogP contribution in [-0.4, -0.2) is 146 Å². The third-order valence-corrected chi connectivity index (χ3v) is 16.8. The summed E-state index contributed by atoms with van der Waals surface area (Å²) >= 11 is 1.78. The number of benzene rings is 1. The van der Waals surface area contributed by atoms with Crippen molar-refractivity contribution in [2.75, 3.05) is 117 Å². The smallest absolute Gasteiger partial charge is 0.206 e. The highest BCUT2D eigenvalue weighted by Crippen LogP contribution is 2.55. The van der Waals surface area contributed by atoms with E-state index in [1.54, 1.807) is 32.2 Å². The van der Waals surface area contributed by atoms with E-state index in [-0.39, 0.29) is 23.5 Å². The van der Waals surface area contributed by atoms with Crippen LogP contribution >= 0.6 is 11.8 Å². The van der Waals surface area contributed by atoms with Gasteiger partial charge in [-0.05, 0) is 149 Å². The number of unbranched alkanes of at least 4 members (excludes halogenated alkanes) is 2. The van der Waals surface area contributed by atoms with Crippen molar-refractivity contribution in [3.05, 3.63) is 133 Å². The molecule has 3 aliphatic rings. The van der Waals surface area contributed by atoms with Gasteiger partial charge in [-0.1, -0.05) is 148 Å². The summed E-state index contributed by atoms with van der Waals surface area (Å²) in [5, 5.41) is 11.3. The number of likely N-dealkylation sites (tertiary alicyclic amines) is 1. The highest BCUT2D eigenvalue weighted by molar-refractivity contribution is 8.05. The van der Waals surface area contributed by atoms with Crippen molar-refractivity contribution < 1.29 is 14.3 Å². The van der Waals surface area contributed by atoms with Crippen molar-refractivity contribution in [2.45, 2.75) is 192 Å². The molecular formula is C74H135N9O3S. The van der Waals surface area contributed by atoms with Gasteiger partial charge in [0.1, 0.15) is 0 Å². The molecule has 4 heterocycles. The Kier molecular flexibility index (Phi) is 51.9. The summed E-state index contributed by atoms with van der Waals surface area (Å²) < 4.78 is 11.8. The van der Waals surface area contributed by atoms with Gasteiger partial charge in [-0.2, -0.15) is 0 Å². The number of hydrogen-bond acceptors (Lipinski definition) is 12. The monoisotopic (exact) mass is 1230 g/mol. The number of likely N-dealkylation sites (N-methyl/N-ethyl adjacent to an activating group) is 3. The minimum absolute atomic E-state index is 0.0802. The molecule has 0 radical (unpaired) electrons. The van der Waals surface area contributed by atoms with Gasteiger partial charge in [0, 0.05) is 108 Å². The second kappa shape index (κ2) is 52.2. The molecular weight excluding hydrogens is 1090 g/mol. The first-order valence-corrected chi connectivity index (χ1v) is 34.2. The van der Waals surface area contributed by atoms with E-state index in [1.807, 2.05) is 60.7 Å². The first kappa shape index (κ1) is 86.6. The van der Waals surface area contributed by atoms with Gasteiger partial charge in [0.15, 0.2) is 0 Å². The maximum atomic E-state index is 9.06. The van der Waals surface area contributed by atoms with Gasteiger partial charge in [-0.15, -0.1) is 31.5 Å². The predicted octanol–water partition coefficient (Wildman–Crippen LogP) is 17.3. The van der Waals surface area contributed by atoms with Crippen molar-refractivity contribution in [3.8, 4) is 0 Å². The number of ether oxygens (including phenoxy) is 2. The number of anilines is 2. The second-order valence-electron chi connectivity index (χ2n) is 22.8. The van der Waals surface area contributed by atoms with Gasteiger partial charge in [0.25, 0.3) is 0 Å². The Bertz CT molecular complexity index is 2150. The number of nitrogens with one attached hydrogen (secondary N) is 3. The standard InChI is InChI=1S/C43H67N5O2S.C13H25N3.C8H16.C2H5NO.3C2H6.C2H4/c1-12-15-16-17-35(44-9)24-32(5)51-29-31(4)34-18-19-40-37(25-34)39(27-43(7,8)30-50-14-3)42(48(40)13-2)38-26-36(28-45-41(38)33(6)49-11)47-22-20-46(10)21-23-47;1-5-8-15(9-7-14-4)13-10-16(11-13)12(3)6-2;1-5-8(6-2)7(3)4;1-3-2-4;4*1-2/h14,18-19,25-26,28-29,33,35,39,42,44H,3,5,12-13,15-17,20-24,27,30H2,1-2,4,6-11H3;6,13-14H,2-3,5,7-11H2,1,4H3;5,7-8H,1,6H2,2-4H3;2H,1H3,(H,3,4);3*1-2H3;1-2H2/b31-29+;;;;;;;. The van der Waals surface area contributed by atoms with E-state index in [1.165, 1.54) is 83.6 Å². The van der Waals surface area contributed by atoms with E-state index >= 15 is 0 Å². The second-order valence-corrected chi connectivity index (χ2v) is 23.8. The van der Waals surface area contributed by atoms with E-state index in [0.717, 1.165) is 95.0 Å². The van der Waals surface area contributed by atoms with Gasteiger partial charge in [-0.3, -0.25) is 14.7 Å². The van der Waals surface area contributed by atoms with Gasteiger partial charge >= 0.3 is 0 Å². The number of carbonyl (C=O) groups excluding carboxylic acids is 1. The number of methoxy groups -OCH3 is 1. The third kappa shape index (κ3) is 31.6. The molecule has 1 aromatic carbocycles. The average Bonchev–Trinajstić information content (AvgIpc) is 1.63. The van der Waals surface area contributed by atoms with E-state index in [2.05, 4.69) is 206 Å². The number of allylic oxidation sites excluding steroid dienone is 3. The highest BCUT2D eigenvalue weighted by atomic mass is 32.2. The van der Waals surface area contributed by atoms with Crippen LogP contribution in [0.5, 0.6) is 0 Å². The lowest BCUT2D eigenvalue weighted by atomic mass is 9.76. The predicted molar refractivity (Wildman–Crippen MR) is 391 cm³/mol. The number of hydrogen-bond donors (Lipinski definition) is 3. The van der Waals surface area contributed by atoms with Gasteiger partial charge in [0.2, 0.25) is 6.41 Å². The number of fused-ring (bicyclic) bond motifs is 1. The zero-order valence-electron chi connectivity index (χ0n) is 60.0. The Morgan fingerprint density at radius 3 is 1.99 bits per heavy atom.